The van der Waals surface area contributed by atoms with Gasteiger partial charge in [0.25, 0.3) is 10.0 Å². The summed E-state index contributed by atoms with van der Waals surface area (Å²) in [5, 5.41) is -0.107. The Morgan fingerprint density at radius 2 is 1.71 bits per heavy atom. The molecule has 0 spiro atoms. The third-order valence-corrected chi connectivity index (χ3v) is 10.2. The van der Waals surface area contributed by atoms with Crippen molar-refractivity contribution in [3.05, 3.63) is 65.5 Å². The Morgan fingerprint density at radius 3 is 2.40 bits per heavy atom. The third-order valence-electron chi connectivity index (χ3n) is 7.15. The van der Waals surface area contributed by atoms with Crippen molar-refractivity contribution in [1.82, 2.24) is 18.8 Å². The molecule has 5 rings (SSSR count). The van der Waals surface area contributed by atoms with Crippen LogP contribution < -0.4 is 14.2 Å². The second-order valence-electron chi connectivity index (χ2n) is 9.83. The minimum atomic E-state index is -4.22. The van der Waals surface area contributed by atoms with Crippen molar-refractivity contribution in [3.8, 4) is 17.2 Å². The molecule has 0 amide bonds. The lowest BCUT2D eigenvalue weighted by atomic mass is 10.1. The molecule has 42 heavy (non-hydrogen) atoms. The van der Waals surface area contributed by atoms with Gasteiger partial charge in [-0.15, -0.1) is 0 Å². The van der Waals surface area contributed by atoms with E-state index in [-0.39, 0.29) is 21.3 Å². The van der Waals surface area contributed by atoms with E-state index in [9.17, 15) is 12.6 Å². The van der Waals surface area contributed by atoms with Crippen LogP contribution in [0.3, 0.4) is 0 Å². The summed E-state index contributed by atoms with van der Waals surface area (Å²) in [6.07, 6.45) is 1.65. The van der Waals surface area contributed by atoms with Gasteiger partial charge in [0, 0.05) is 43.0 Å². The first-order valence-electron chi connectivity index (χ1n) is 13.5. The number of morpholine rings is 1. The lowest BCUT2D eigenvalue weighted by Crippen LogP contribution is -2.38. The van der Waals surface area contributed by atoms with Crippen LogP contribution >= 0.6 is 0 Å². The minimum absolute atomic E-state index is 0.00899. The van der Waals surface area contributed by atoms with Crippen molar-refractivity contribution in [2.45, 2.75) is 29.7 Å². The van der Waals surface area contributed by atoms with E-state index in [1.165, 1.54) is 19.2 Å². The number of imidazole rings is 1. The van der Waals surface area contributed by atoms with E-state index in [4.69, 9.17) is 18.9 Å². The number of aromatic nitrogens is 3. The highest BCUT2D eigenvalue weighted by Gasteiger charge is 2.29. The quantitative estimate of drug-likeness (QED) is 0.249. The number of rotatable bonds is 11. The van der Waals surface area contributed by atoms with Gasteiger partial charge in [-0.05, 0) is 50.2 Å². The molecule has 1 unspecified atom stereocenters. The summed E-state index contributed by atoms with van der Waals surface area (Å²) in [5.74, 6) is 1.60. The Bertz CT molecular complexity index is 1700. The minimum Gasteiger partial charge on any atom is -0.497 e. The summed E-state index contributed by atoms with van der Waals surface area (Å²) >= 11 is 0. The Morgan fingerprint density at radius 1 is 1.00 bits per heavy atom. The van der Waals surface area contributed by atoms with E-state index < -0.39 is 20.8 Å². The number of nitrogens with zero attached hydrogens (tertiary/aromatic N) is 4. The van der Waals surface area contributed by atoms with Gasteiger partial charge < -0.3 is 18.9 Å². The number of hydrogen-bond donors (Lipinski definition) is 0. The molecule has 0 aliphatic carbocycles. The first kappa shape index (κ1) is 30.0. The molecule has 4 aromatic rings. The predicted molar refractivity (Wildman–Crippen MR) is 158 cm³/mol. The molecule has 2 aromatic carbocycles. The zero-order valence-corrected chi connectivity index (χ0v) is 25.7. The molecule has 224 valence electrons. The zero-order valence-electron chi connectivity index (χ0n) is 24.0. The number of aryl methyl sites for hydroxylation is 1. The van der Waals surface area contributed by atoms with Crippen molar-refractivity contribution in [1.29, 1.82) is 0 Å². The van der Waals surface area contributed by atoms with E-state index in [1.807, 2.05) is 13.8 Å². The number of benzene rings is 2. The van der Waals surface area contributed by atoms with Crippen molar-refractivity contribution in [2.24, 2.45) is 0 Å². The maximum absolute atomic E-state index is 14.1. The fourth-order valence-electron chi connectivity index (χ4n) is 4.85. The highest BCUT2D eigenvalue weighted by molar-refractivity contribution is 7.91. The zero-order chi connectivity index (χ0) is 29.9. The van der Waals surface area contributed by atoms with Crippen LogP contribution in [0.15, 0.2) is 58.7 Å². The van der Waals surface area contributed by atoms with E-state index in [1.54, 1.807) is 43.6 Å². The number of methoxy groups -OCH3 is 2. The molecule has 2 aromatic heterocycles. The largest absolute Gasteiger partial charge is 0.497 e. The van der Waals surface area contributed by atoms with E-state index in [2.05, 4.69) is 14.9 Å². The SMILES string of the molecule is COc1ccc2nc(S(=O)Cc3ncc(C)c(OC)c3C)n(S(=O)(=O)c3ccc(OCCN4CCOCC4)cc3)c2c1. The molecule has 0 saturated carbocycles. The first-order chi connectivity index (χ1) is 20.2. The molecule has 1 aliphatic rings. The van der Waals surface area contributed by atoms with E-state index in [0.29, 0.717) is 48.3 Å². The van der Waals surface area contributed by atoms with Gasteiger partial charge in [0.1, 0.15) is 23.9 Å². The number of fused-ring (bicyclic) bond motifs is 1. The van der Waals surface area contributed by atoms with Crippen molar-refractivity contribution in [2.75, 3.05) is 53.7 Å². The van der Waals surface area contributed by atoms with Crippen LogP contribution in [0.4, 0.5) is 0 Å². The molecule has 1 saturated heterocycles. The first-order valence-corrected chi connectivity index (χ1v) is 16.2. The van der Waals surface area contributed by atoms with Crippen LogP contribution in [0.1, 0.15) is 16.8 Å². The van der Waals surface area contributed by atoms with Gasteiger partial charge in [0.2, 0.25) is 5.16 Å². The van der Waals surface area contributed by atoms with Gasteiger partial charge in [-0.2, -0.15) is 0 Å². The Labute approximate surface area is 247 Å². The summed E-state index contributed by atoms with van der Waals surface area (Å²) in [4.78, 5) is 11.2. The summed E-state index contributed by atoms with van der Waals surface area (Å²) in [5.41, 5.74) is 2.75. The monoisotopic (exact) mass is 614 g/mol. The predicted octanol–water partition coefficient (Wildman–Crippen LogP) is 3.32. The second kappa shape index (κ2) is 12.8. The average Bonchev–Trinajstić information content (AvgIpc) is 3.39. The van der Waals surface area contributed by atoms with Crippen molar-refractivity contribution >= 4 is 31.9 Å². The van der Waals surface area contributed by atoms with Gasteiger partial charge in [-0.3, -0.25) is 14.1 Å². The molecule has 11 nitrogen and oxygen atoms in total. The van der Waals surface area contributed by atoms with Gasteiger partial charge >= 0.3 is 0 Å². The van der Waals surface area contributed by atoms with E-state index in [0.717, 1.165) is 34.7 Å². The second-order valence-corrected chi connectivity index (χ2v) is 13.0. The van der Waals surface area contributed by atoms with Crippen molar-refractivity contribution in [3.63, 3.8) is 0 Å². The van der Waals surface area contributed by atoms with Gasteiger partial charge in [0.05, 0.1) is 65.6 Å². The van der Waals surface area contributed by atoms with Crippen LogP contribution in [-0.2, 0) is 31.3 Å². The molecule has 3 heterocycles. The smallest absolute Gasteiger partial charge is 0.270 e. The lowest BCUT2D eigenvalue weighted by molar-refractivity contribution is 0.0322. The Kier molecular flexibility index (Phi) is 9.11. The van der Waals surface area contributed by atoms with Crippen LogP contribution in [0, 0.1) is 13.8 Å². The van der Waals surface area contributed by atoms with Crippen LogP contribution in [-0.4, -0.2) is 85.1 Å². The maximum atomic E-state index is 14.1. The molecular formula is C29H34N4O7S2. The molecule has 1 fully saturated rings. The number of pyridine rings is 1. The molecule has 0 N–H and O–H groups in total. The maximum Gasteiger partial charge on any atom is 0.270 e. The molecular weight excluding hydrogens is 580 g/mol. The highest BCUT2D eigenvalue weighted by Crippen LogP contribution is 2.31. The molecule has 0 bridgehead atoms. The molecule has 1 atom stereocenters. The summed E-state index contributed by atoms with van der Waals surface area (Å²) in [7, 11) is -3.03. The van der Waals surface area contributed by atoms with Crippen LogP contribution in [0.5, 0.6) is 17.2 Å². The normalized spacial score (nSPS) is 15.0. The molecule has 13 heteroatoms. The Hall–Kier alpha value is -3.52. The molecule has 0 radical (unpaired) electrons. The Balaban J connectivity index is 1.46. The van der Waals surface area contributed by atoms with Crippen LogP contribution in [0.25, 0.3) is 11.0 Å². The topological polar surface area (TPSA) is 122 Å². The van der Waals surface area contributed by atoms with Gasteiger partial charge in [-0.1, -0.05) is 0 Å². The van der Waals surface area contributed by atoms with Crippen LogP contribution in [0.2, 0.25) is 0 Å². The summed E-state index contributed by atoms with van der Waals surface area (Å²) in [6.45, 7) is 8.08. The number of ether oxygens (including phenoxy) is 4. The summed E-state index contributed by atoms with van der Waals surface area (Å²) in [6, 6.07) is 11.1. The third kappa shape index (κ3) is 6.14. The standard InChI is InChI=1S/C29H34N4O7S2/c1-20-18-30-26(21(2)28(20)38-4)19-41(34)29-31-25-10-7-23(37-3)17-27(25)33(29)42(35,36)24-8-5-22(6-9-24)40-16-13-32-11-14-39-15-12-32/h5-10,17-18H,11-16,19H2,1-4H3. The number of hydrogen-bond acceptors (Lipinski definition) is 10. The fourth-order valence-corrected chi connectivity index (χ4v) is 7.89. The van der Waals surface area contributed by atoms with E-state index >= 15 is 0 Å². The highest BCUT2D eigenvalue weighted by atomic mass is 32.2. The van der Waals surface area contributed by atoms with Gasteiger partial charge in [0.15, 0.2) is 0 Å². The average molecular weight is 615 g/mol. The fraction of sp³-hybridized carbons (Fsp3) is 0.379. The summed E-state index contributed by atoms with van der Waals surface area (Å²) < 4.78 is 65.1. The molecule has 1 aliphatic heterocycles. The lowest BCUT2D eigenvalue weighted by Gasteiger charge is -2.26. The van der Waals surface area contributed by atoms with Crippen molar-refractivity contribution < 1.29 is 31.6 Å². The van der Waals surface area contributed by atoms with Gasteiger partial charge in [-0.25, -0.2) is 17.4 Å².